The maximum atomic E-state index is 11.9. The molecule has 0 radical (unpaired) electrons. The number of hydrogen-bond donors (Lipinski definition) is 2. The number of rotatable bonds is 4. The van der Waals surface area contributed by atoms with E-state index in [-0.39, 0.29) is 18.3 Å². The van der Waals surface area contributed by atoms with Crippen LogP contribution in [-0.4, -0.2) is 17.6 Å². The predicted molar refractivity (Wildman–Crippen MR) is 90.9 cm³/mol. The number of amides is 1. The van der Waals surface area contributed by atoms with Gasteiger partial charge >= 0.3 is 0 Å². The van der Waals surface area contributed by atoms with Crippen LogP contribution in [0, 0.1) is 13.8 Å². The van der Waals surface area contributed by atoms with E-state index in [0.717, 1.165) is 5.56 Å². The Balaban J connectivity index is 1.97. The average Bonchev–Trinajstić information content (AvgIpc) is 2.46. The molecule has 0 saturated carbocycles. The summed E-state index contributed by atoms with van der Waals surface area (Å²) in [5.74, 6) is 0.454. The van der Waals surface area contributed by atoms with E-state index in [0.29, 0.717) is 26.5 Å². The van der Waals surface area contributed by atoms with Crippen LogP contribution in [0.2, 0.25) is 5.02 Å². The Morgan fingerprint density at radius 2 is 2.00 bits per heavy atom. The van der Waals surface area contributed by atoms with Gasteiger partial charge in [0.1, 0.15) is 11.5 Å². The molecule has 6 heteroatoms. The first-order chi connectivity index (χ1) is 10.4. The summed E-state index contributed by atoms with van der Waals surface area (Å²) in [6.45, 7) is 3.51. The molecule has 4 nitrogen and oxygen atoms in total. The number of carbonyl (C=O) groups is 1. The van der Waals surface area contributed by atoms with Crippen LogP contribution in [0.5, 0.6) is 11.5 Å². The highest BCUT2D eigenvalue weighted by atomic mass is 79.9. The van der Waals surface area contributed by atoms with Gasteiger partial charge < -0.3 is 15.2 Å². The van der Waals surface area contributed by atoms with Crippen molar-refractivity contribution in [1.29, 1.82) is 0 Å². The molecule has 1 amide bonds. The maximum absolute atomic E-state index is 11.9. The van der Waals surface area contributed by atoms with Crippen molar-refractivity contribution in [2.24, 2.45) is 0 Å². The molecule has 2 rings (SSSR count). The molecular weight excluding hydrogens is 370 g/mol. The van der Waals surface area contributed by atoms with Crippen molar-refractivity contribution in [3.05, 3.63) is 51.0 Å². The van der Waals surface area contributed by atoms with Crippen LogP contribution < -0.4 is 10.1 Å². The van der Waals surface area contributed by atoms with E-state index in [2.05, 4.69) is 21.2 Å². The number of ether oxygens (including phenoxy) is 1. The van der Waals surface area contributed by atoms with Crippen molar-refractivity contribution in [2.45, 2.75) is 13.8 Å². The van der Waals surface area contributed by atoms with Crippen molar-refractivity contribution in [1.82, 2.24) is 0 Å². The molecule has 0 aliphatic rings. The van der Waals surface area contributed by atoms with Crippen LogP contribution in [0.3, 0.4) is 0 Å². The molecule has 0 unspecified atom stereocenters. The molecule has 2 aromatic rings. The maximum Gasteiger partial charge on any atom is 0.262 e. The van der Waals surface area contributed by atoms with E-state index < -0.39 is 0 Å². The third kappa shape index (κ3) is 4.15. The number of hydrogen-bond acceptors (Lipinski definition) is 3. The highest BCUT2D eigenvalue weighted by Gasteiger charge is 2.08. The van der Waals surface area contributed by atoms with Crippen molar-refractivity contribution < 1.29 is 14.6 Å². The molecule has 2 aromatic carbocycles. The second-order valence-electron chi connectivity index (χ2n) is 4.87. The lowest BCUT2D eigenvalue weighted by atomic mass is 10.2. The van der Waals surface area contributed by atoms with Crippen LogP contribution in [0.25, 0.3) is 0 Å². The lowest BCUT2D eigenvalue weighted by Crippen LogP contribution is -2.20. The van der Waals surface area contributed by atoms with Gasteiger partial charge in [0, 0.05) is 10.7 Å². The average molecular weight is 385 g/mol. The van der Waals surface area contributed by atoms with E-state index in [1.165, 1.54) is 0 Å². The number of anilines is 1. The Kier molecular flexibility index (Phi) is 5.32. The normalized spacial score (nSPS) is 10.4. The summed E-state index contributed by atoms with van der Waals surface area (Å²) in [7, 11) is 0. The van der Waals surface area contributed by atoms with Crippen molar-refractivity contribution in [2.75, 3.05) is 11.9 Å². The molecule has 116 valence electrons. The number of nitrogens with one attached hydrogen (secondary N) is 1. The Labute approximate surface area is 142 Å². The number of benzene rings is 2. The first kappa shape index (κ1) is 16.6. The third-order valence-electron chi connectivity index (χ3n) is 3.04. The summed E-state index contributed by atoms with van der Waals surface area (Å²) in [4.78, 5) is 11.9. The van der Waals surface area contributed by atoms with Crippen LogP contribution in [0.4, 0.5) is 5.69 Å². The minimum absolute atomic E-state index is 0.112. The Hall–Kier alpha value is -1.72. The van der Waals surface area contributed by atoms with E-state index in [9.17, 15) is 9.90 Å². The number of phenols is 1. The largest absolute Gasteiger partial charge is 0.506 e. The van der Waals surface area contributed by atoms with Gasteiger partial charge in [-0.3, -0.25) is 4.79 Å². The number of aryl methyl sites for hydroxylation is 2. The van der Waals surface area contributed by atoms with Crippen molar-refractivity contribution >= 4 is 39.1 Å². The fraction of sp³-hybridized carbons (Fsp3) is 0.188. The van der Waals surface area contributed by atoms with E-state index in [1.54, 1.807) is 37.3 Å². The molecule has 22 heavy (non-hydrogen) atoms. The second-order valence-corrected chi connectivity index (χ2v) is 6.13. The first-order valence-corrected chi connectivity index (χ1v) is 7.72. The zero-order chi connectivity index (χ0) is 16.3. The predicted octanol–water partition coefficient (Wildman–Crippen LogP) is 4.44. The van der Waals surface area contributed by atoms with E-state index in [4.69, 9.17) is 16.3 Å². The van der Waals surface area contributed by atoms with Gasteiger partial charge in [0.05, 0.1) is 4.47 Å². The second kappa shape index (κ2) is 7.03. The fourth-order valence-corrected chi connectivity index (χ4v) is 2.54. The van der Waals surface area contributed by atoms with Gasteiger partial charge in [-0.15, -0.1) is 0 Å². The molecule has 0 aliphatic heterocycles. The number of phenolic OH excluding ortho intramolecular Hbond substituents is 1. The van der Waals surface area contributed by atoms with Crippen LogP contribution in [0.1, 0.15) is 11.1 Å². The number of halogens is 2. The van der Waals surface area contributed by atoms with Crippen molar-refractivity contribution in [3.63, 3.8) is 0 Å². The topological polar surface area (TPSA) is 58.6 Å². The number of carbonyl (C=O) groups excluding carboxylic acids is 1. The lowest BCUT2D eigenvalue weighted by molar-refractivity contribution is -0.118. The SMILES string of the molecule is Cc1cc(OCC(=O)Nc2cc(C)c(O)c(Br)c2)ccc1Cl. The first-order valence-electron chi connectivity index (χ1n) is 6.54. The molecule has 0 bridgehead atoms. The van der Waals surface area contributed by atoms with Gasteiger partial charge in [0.15, 0.2) is 6.61 Å². The van der Waals surface area contributed by atoms with Gasteiger partial charge in [-0.05, 0) is 71.2 Å². The molecule has 0 spiro atoms. The van der Waals surface area contributed by atoms with Crippen LogP contribution >= 0.6 is 27.5 Å². The highest BCUT2D eigenvalue weighted by molar-refractivity contribution is 9.10. The molecule has 0 aliphatic carbocycles. The number of aromatic hydroxyl groups is 1. The molecule has 0 fully saturated rings. The lowest BCUT2D eigenvalue weighted by Gasteiger charge is -2.10. The highest BCUT2D eigenvalue weighted by Crippen LogP contribution is 2.30. The standard InChI is InChI=1S/C16H15BrClNO3/c1-9-6-12(3-4-14(9)18)22-8-15(20)19-11-5-10(2)16(21)13(17)7-11/h3-7,21H,8H2,1-2H3,(H,19,20). The summed E-state index contributed by atoms with van der Waals surface area (Å²) in [6.07, 6.45) is 0. The zero-order valence-electron chi connectivity index (χ0n) is 12.1. The Bertz CT molecular complexity index is 696. The summed E-state index contributed by atoms with van der Waals surface area (Å²) in [5, 5.41) is 13.0. The smallest absolute Gasteiger partial charge is 0.262 e. The van der Waals surface area contributed by atoms with Gasteiger partial charge in [-0.1, -0.05) is 11.6 Å². The van der Waals surface area contributed by atoms with Gasteiger partial charge in [0.2, 0.25) is 0 Å². The van der Waals surface area contributed by atoms with Gasteiger partial charge in [-0.2, -0.15) is 0 Å². The van der Waals surface area contributed by atoms with Crippen LogP contribution in [0.15, 0.2) is 34.8 Å². The zero-order valence-corrected chi connectivity index (χ0v) is 14.5. The van der Waals surface area contributed by atoms with E-state index >= 15 is 0 Å². The summed E-state index contributed by atoms with van der Waals surface area (Å²) in [5.41, 5.74) is 2.14. The molecular formula is C16H15BrClNO3. The summed E-state index contributed by atoms with van der Waals surface area (Å²) >= 11 is 9.17. The quantitative estimate of drug-likeness (QED) is 0.766. The Morgan fingerprint density at radius 3 is 2.64 bits per heavy atom. The Morgan fingerprint density at radius 1 is 1.27 bits per heavy atom. The minimum Gasteiger partial charge on any atom is -0.506 e. The van der Waals surface area contributed by atoms with Gasteiger partial charge in [-0.25, -0.2) is 0 Å². The molecule has 0 heterocycles. The minimum atomic E-state index is -0.287. The summed E-state index contributed by atoms with van der Waals surface area (Å²) in [6, 6.07) is 8.53. The molecule has 2 N–H and O–H groups in total. The monoisotopic (exact) mass is 383 g/mol. The molecule has 0 atom stereocenters. The molecule has 0 saturated heterocycles. The van der Waals surface area contributed by atoms with Gasteiger partial charge in [0.25, 0.3) is 5.91 Å². The summed E-state index contributed by atoms with van der Waals surface area (Å²) < 4.78 is 5.95. The van der Waals surface area contributed by atoms with Crippen LogP contribution in [-0.2, 0) is 4.79 Å². The van der Waals surface area contributed by atoms with Crippen molar-refractivity contribution in [3.8, 4) is 11.5 Å². The van der Waals surface area contributed by atoms with E-state index in [1.807, 2.05) is 6.92 Å². The molecule has 0 aromatic heterocycles. The fourth-order valence-electron chi connectivity index (χ4n) is 1.86. The third-order valence-corrected chi connectivity index (χ3v) is 4.07.